The fourth-order valence-electron chi connectivity index (χ4n) is 4.36. The standard InChI is InChI=1S/C23H30N4O2/c1-5-6-13-23(26-27-23)15-16-24-20(29)22(4)14-12-18(21(22,2)3)19(28)25-17-10-8-7-9-11-17/h1,7-11,18H,6,12-16H2,2-4H3,(H,24,29)(H,25,28). The molecule has 1 aliphatic carbocycles. The van der Waals surface area contributed by atoms with Crippen LogP contribution in [-0.4, -0.2) is 24.0 Å². The lowest BCUT2D eigenvalue weighted by molar-refractivity contribution is -0.137. The molecule has 1 aromatic rings. The molecule has 154 valence electrons. The molecule has 3 rings (SSSR count). The van der Waals surface area contributed by atoms with Crippen LogP contribution < -0.4 is 10.6 Å². The Morgan fingerprint density at radius 2 is 1.86 bits per heavy atom. The lowest BCUT2D eigenvalue weighted by Gasteiger charge is -2.40. The smallest absolute Gasteiger partial charge is 0.228 e. The highest BCUT2D eigenvalue weighted by Crippen LogP contribution is 2.56. The molecule has 2 amide bonds. The Morgan fingerprint density at radius 1 is 1.17 bits per heavy atom. The molecule has 0 radical (unpaired) electrons. The van der Waals surface area contributed by atoms with Crippen molar-refractivity contribution in [2.45, 2.75) is 58.5 Å². The minimum absolute atomic E-state index is 0.00902. The highest BCUT2D eigenvalue weighted by Gasteiger charge is 2.58. The molecule has 2 atom stereocenters. The van der Waals surface area contributed by atoms with Crippen molar-refractivity contribution < 1.29 is 9.59 Å². The molecule has 29 heavy (non-hydrogen) atoms. The molecule has 0 aromatic heterocycles. The number of nitrogens with zero attached hydrogens (tertiary/aromatic N) is 2. The number of amides is 2. The van der Waals surface area contributed by atoms with E-state index in [2.05, 4.69) is 26.8 Å². The van der Waals surface area contributed by atoms with E-state index < -0.39 is 16.5 Å². The van der Waals surface area contributed by atoms with Crippen molar-refractivity contribution in [3.8, 4) is 12.3 Å². The number of terminal acetylenes is 1. The van der Waals surface area contributed by atoms with Crippen LogP contribution in [0, 0.1) is 29.1 Å². The van der Waals surface area contributed by atoms with Gasteiger partial charge < -0.3 is 10.6 Å². The minimum atomic E-state index is -0.616. The second-order valence-corrected chi connectivity index (χ2v) is 8.89. The average molecular weight is 395 g/mol. The molecule has 0 saturated heterocycles. The monoisotopic (exact) mass is 394 g/mol. The van der Waals surface area contributed by atoms with Crippen LogP contribution in [-0.2, 0) is 9.59 Å². The zero-order chi connectivity index (χ0) is 21.1. The van der Waals surface area contributed by atoms with E-state index in [-0.39, 0.29) is 17.7 Å². The fraction of sp³-hybridized carbons (Fsp3) is 0.565. The first-order chi connectivity index (χ1) is 13.7. The minimum Gasteiger partial charge on any atom is -0.355 e. The van der Waals surface area contributed by atoms with Crippen molar-refractivity contribution in [3.63, 3.8) is 0 Å². The van der Waals surface area contributed by atoms with Gasteiger partial charge in [0.15, 0.2) is 5.66 Å². The van der Waals surface area contributed by atoms with Crippen molar-refractivity contribution >= 4 is 17.5 Å². The maximum atomic E-state index is 13.1. The van der Waals surface area contributed by atoms with Crippen LogP contribution in [0.5, 0.6) is 0 Å². The molecule has 2 unspecified atom stereocenters. The summed E-state index contributed by atoms with van der Waals surface area (Å²) >= 11 is 0. The summed E-state index contributed by atoms with van der Waals surface area (Å²) in [7, 11) is 0. The topological polar surface area (TPSA) is 82.9 Å². The predicted octanol–water partition coefficient (Wildman–Crippen LogP) is 4.15. The summed E-state index contributed by atoms with van der Waals surface area (Å²) < 4.78 is 0. The third-order valence-electron chi connectivity index (χ3n) is 6.95. The Balaban J connectivity index is 1.58. The van der Waals surface area contributed by atoms with E-state index in [1.54, 1.807) is 0 Å². The number of nitrogens with one attached hydrogen (secondary N) is 2. The average Bonchev–Trinajstić information content (AvgIpc) is 3.41. The third kappa shape index (κ3) is 4.19. The Labute approximate surface area is 172 Å². The first kappa shape index (κ1) is 21.0. The van der Waals surface area contributed by atoms with Gasteiger partial charge >= 0.3 is 0 Å². The van der Waals surface area contributed by atoms with Gasteiger partial charge in [0.1, 0.15) is 0 Å². The van der Waals surface area contributed by atoms with E-state index in [1.165, 1.54) is 0 Å². The number of hydrogen-bond donors (Lipinski definition) is 2. The number of anilines is 1. The van der Waals surface area contributed by atoms with Crippen molar-refractivity contribution in [1.29, 1.82) is 0 Å². The number of rotatable bonds is 8. The number of carbonyl (C=O) groups excluding carboxylic acids is 2. The zero-order valence-electron chi connectivity index (χ0n) is 17.5. The van der Waals surface area contributed by atoms with Crippen LogP contribution in [0.2, 0.25) is 0 Å². The molecule has 1 fully saturated rings. The van der Waals surface area contributed by atoms with E-state index >= 15 is 0 Å². The van der Waals surface area contributed by atoms with Crippen LogP contribution in [0.4, 0.5) is 5.69 Å². The summed E-state index contributed by atoms with van der Waals surface area (Å²) in [6.07, 6.45) is 8.70. The van der Waals surface area contributed by atoms with E-state index in [0.29, 0.717) is 32.2 Å². The molecule has 0 spiro atoms. The van der Waals surface area contributed by atoms with E-state index in [0.717, 1.165) is 12.1 Å². The Morgan fingerprint density at radius 3 is 2.48 bits per heavy atom. The molecule has 0 bridgehead atoms. The van der Waals surface area contributed by atoms with Crippen LogP contribution in [0.3, 0.4) is 0 Å². The number of hydrogen-bond acceptors (Lipinski definition) is 4. The number of benzene rings is 1. The van der Waals surface area contributed by atoms with E-state index in [4.69, 9.17) is 6.42 Å². The lowest BCUT2D eigenvalue weighted by atomic mass is 9.65. The molecular formula is C23H30N4O2. The van der Waals surface area contributed by atoms with Gasteiger partial charge in [0.05, 0.1) is 5.41 Å². The second-order valence-electron chi connectivity index (χ2n) is 8.89. The third-order valence-corrected chi connectivity index (χ3v) is 6.95. The molecule has 1 saturated carbocycles. The van der Waals surface area contributed by atoms with Gasteiger partial charge in [-0.3, -0.25) is 9.59 Å². The molecule has 6 nitrogen and oxygen atoms in total. The van der Waals surface area contributed by atoms with Gasteiger partial charge in [-0.1, -0.05) is 39.0 Å². The second kappa shape index (κ2) is 7.98. The Kier molecular flexibility index (Phi) is 5.79. The van der Waals surface area contributed by atoms with Crippen LogP contribution >= 0.6 is 0 Å². The molecule has 2 N–H and O–H groups in total. The van der Waals surface area contributed by atoms with Crippen LogP contribution in [0.1, 0.15) is 52.9 Å². The maximum Gasteiger partial charge on any atom is 0.228 e. The van der Waals surface area contributed by atoms with Crippen molar-refractivity contribution in [2.75, 3.05) is 11.9 Å². The summed E-state index contributed by atoms with van der Waals surface area (Å²) in [4.78, 5) is 26.0. The van der Waals surface area contributed by atoms with Gasteiger partial charge in [-0.05, 0) is 30.4 Å². The quantitative estimate of drug-likeness (QED) is 0.649. The summed E-state index contributed by atoms with van der Waals surface area (Å²) in [5.41, 5.74) is -0.703. The molecule has 1 aliphatic heterocycles. The summed E-state index contributed by atoms with van der Waals surface area (Å²) in [5, 5.41) is 14.3. The highest BCUT2D eigenvalue weighted by molar-refractivity contribution is 5.95. The van der Waals surface area contributed by atoms with Gasteiger partial charge in [0, 0.05) is 37.4 Å². The maximum absolute atomic E-state index is 13.1. The molecular weight excluding hydrogens is 364 g/mol. The first-order valence-corrected chi connectivity index (χ1v) is 10.3. The van der Waals surface area contributed by atoms with Crippen LogP contribution in [0.15, 0.2) is 40.6 Å². The zero-order valence-corrected chi connectivity index (χ0v) is 17.5. The summed E-state index contributed by atoms with van der Waals surface area (Å²) in [6, 6.07) is 9.44. The summed E-state index contributed by atoms with van der Waals surface area (Å²) in [5.74, 6) is 2.35. The van der Waals surface area contributed by atoms with E-state index in [1.807, 2.05) is 51.1 Å². The highest BCUT2D eigenvalue weighted by atomic mass is 16.2. The van der Waals surface area contributed by atoms with Crippen molar-refractivity contribution in [1.82, 2.24) is 5.32 Å². The van der Waals surface area contributed by atoms with Crippen molar-refractivity contribution in [3.05, 3.63) is 30.3 Å². The SMILES string of the molecule is C#CCCC1(CCNC(=O)C2(C)CCC(C(=O)Nc3ccccc3)C2(C)C)N=N1. The molecule has 2 aliphatic rings. The normalized spacial score (nSPS) is 25.8. The van der Waals surface area contributed by atoms with Gasteiger partial charge in [0.2, 0.25) is 11.8 Å². The molecule has 6 heteroatoms. The Hall–Kier alpha value is -2.68. The van der Waals surface area contributed by atoms with Gasteiger partial charge in [-0.15, -0.1) is 12.3 Å². The van der Waals surface area contributed by atoms with Crippen molar-refractivity contribution in [2.24, 2.45) is 27.0 Å². The number of para-hydroxylation sites is 1. The van der Waals surface area contributed by atoms with Crippen LogP contribution in [0.25, 0.3) is 0 Å². The van der Waals surface area contributed by atoms with Gasteiger partial charge in [-0.2, -0.15) is 10.2 Å². The fourth-order valence-corrected chi connectivity index (χ4v) is 4.36. The summed E-state index contributed by atoms with van der Waals surface area (Å²) in [6.45, 7) is 6.52. The van der Waals surface area contributed by atoms with E-state index in [9.17, 15) is 9.59 Å². The predicted molar refractivity (Wildman–Crippen MR) is 113 cm³/mol. The van der Waals surface area contributed by atoms with Gasteiger partial charge in [0.25, 0.3) is 0 Å². The lowest BCUT2D eigenvalue weighted by Crippen LogP contribution is -2.49. The largest absolute Gasteiger partial charge is 0.355 e. The number of carbonyl (C=O) groups is 2. The van der Waals surface area contributed by atoms with Gasteiger partial charge in [-0.25, -0.2) is 0 Å². The molecule has 1 heterocycles. The Bertz CT molecular complexity index is 834. The molecule has 1 aromatic carbocycles. The first-order valence-electron chi connectivity index (χ1n) is 10.3.